The molecule has 0 aromatic carbocycles. The van der Waals surface area contributed by atoms with Crippen molar-refractivity contribution >= 4 is 5.91 Å². The molecule has 2 aromatic rings. The highest BCUT2D eigenvalue weighted by Crippen LogP contribution is 2.22. The maximum atomic E-state index is 12.6. The highest BCUT2D eigenvalue weighted by atomic mass is 16.5. The molecule has 0 spiro atoms. The van der Waals surface area contributed by atoms with E-state index in [4.69, 9.17) is 14.5 Å². The number of carbonyl (C=O) groups is 1. The number of aromatic nitrogens is 3. The first kappa shape index (κ1) is 15.0. The largest absolute Gasteiger partial charge is 0.470 e. The van der Waals surface area contributed by atoms with E-state index in [1.807, 2.05) is 6.07 Å². The number of amides is 1. The molecule has 3 heterocycles. The van der Waals surface area contributed by atoms with E-state index >= 15 is 0 Å². The fourth-order valence-electron chi connectivity index (χ4n) is 2.60. The van der Waals surface area contributed by atoms with Gasteiger partial charge in [-0.2, -0.15) is 5.26 Å². The molecule has 0 saturated carbocycles. The number of hydrogen-bond donors (Lipinski definition) is 0. The predicted molar refractivity (Wildman–Crippen MR) is 77.7 cm³/mol. The predicted octanol–water partition coefficient (Wildman–Crippen LogP) is 1.25. The van der Waals surface area contributed by atoms with Crippen LogP contribution in [0.1, 0.15) is 33.9 Å². The van der Waals surface area contributed by atoms with E-state index < -0.39 is 0 Å². The van der Waals surface area contributed by atoms with Gasteiger partial charge in [-0.15, -0.1) is 0 Å². The number of ether oxygens (including phenoxy) is 1. The molecule has 2 aromatic heterocycles. The first-order valence-corrected chi connectivity index (χ1v) is 7.20. The van der Waals surface area contributed by atoms with Crippen molar-refractivity contribution in [3.8, 4) is 11.9 Å². The Morgan fingerprint density at radius 2 is 2.22 bits per heavy atom. The van der Waals surface area contributed by atoms with E-state index in [0.717, 1.165) is 0 Å². The third-order valence-corrected chi connectivity index (χ3v) is 3.73. The van der Waals surface area contributed by atoms with Gasteiger partial charge in [0.05, 0.1) is 12.2 Å². The zero-order valence-corrected chi connectivity index (χ0v) is 12.8. The number of likely N-dealkylation sites (tertiary alicyclic amines) is 1. The summed E-state index contributed by atoms with van der Waals surface area (Å²) in [6, 6.07) is 1.94. The zero-order valence-electron chi connectivity index (χ0n) is 12.8. The lowest BCUT2D eigenvalue weighted by molar-refractivity contribution is 0.0768. The van der Waals surface area contributed by atoms with Gasteiger partial charge in [0.15, 0.2) is 0 Å². The first-order valence-electron chi connectivity index (χ1n) is 7.20. The maximum Gasteiger partial charge on any atom is 0.259 e. The van der Waals surface area contributed by atoms with Crippen LogP contribution in [0.5, 0.6) is 5.88 Å². The quantitative estimate of drug-likeness (QED) is 0.839. The van der Waals surface area contributed by atoms with Crippen molar-refractivity contribution in [3.63, 3.8) is 0 Å². The topological polar surface area (TPSA) is 105 Å². The summed E-state index contributed by atoms with van der Waals surface area (Å²) < 4.78 is 10.8. The van der Waals surface area contributed by atoms with Gasteiger partial charge in [0.25, 0.3) is 11.8 Å². The molecular weight excluding hydrogens is 298 g/mol. The fourth-order valence-corrected chi connectivity index (χ4v) is 2.60. The number of rotatable bonds is 3. The molecule has 3 rings (SSSR count). The summed E-state index contributed by atoms with van der Waals surface area (Å²) in [4.78, 5) is 22.2. The molecule has 118 valence electrons. The van der Waals surface area contributed by atoms with E-state index in [9.17, 15) is 4.79 Å². The van der Waals surface area contributed by atoms with Gasteiger partial charge in [-0.1, -0.05) is 5.16 Å². The first-order chi connectivity index (χ1) is 11.1. The molecule has 1 aliphatic heterocycles. The lowest BCUT2D eigenvalue weighted by Gasteiger charge is -2.16. The Labute approximate surface area is 132 Å². The van der Waals surface area contributed by atoms with E-state index in [-0.39, 0.29) is 23.6 Å². The molecule has 0 bridgehead atoms. The average molecular weight is 313 g/mol. The highest BCUT2D eigenvalue weighted by Gasteiger charge is 2.31. The summed E-state index contributed by atoms with van der Waals surface area (Å²) in [6.45, 7) is 4.45. The molecule has 1 atom stereocenters. The van der Waals surface area contributed by atoms with E-state index in [0.29, 0.717) is 36.5 Å². The van der Waals surface area contributed by atoms with Crippen LogP contribution < -0.4 is 4.74 Å². The summed E-state index contributed by atoms with van der Waals surface area (Å²) in [5.41, 5.74) is 1.23. The van der Waals surface area contributed by atoms with Gasteiger partial charge >= 0.3 is 0 Å². The number of carbonyl (C=O) groups excluding carboxylic acids is 1. The van der Waals surface area contributed by atoms with Crippen LogP contribution in [0.25, 0.3) is 0 Å². The number of nitrogens with zero attached hydrogens (tertiary/aromatic N) is 5. The van der Waals surface area contributed by atoms with Gasteiger partial charge in [-0.3, -0.25) is 4.79 Å². The van der Waals surface area contributed by atoms with Crippen molar-refractivity contribution in [1.82, 2.24) is 20.0 Å². The second-order valence-corrected chi connectivity index (χ2v) is 5.30. The lowest BCUT2D eigenvalue weighted by atomic mass is 10.2. The van der Waals surface area contributed by atoms with Crippen molar-refractivity contribution in [2.24, 2.45) is 0 Å². The molecule has 0 N–H and O–H groups in total. The van der Waals surface area contributed by atoms with Gasteiger partial charge in [0, 0.05) is 25.4 Å². The minimum absolute atomic E-state index is 0.119. The van der Waals surface area contributed by atoms with Crippen LogP contribution in [-0.2, 0) is 0 Å². The smallest absolute Gasteiger partial charge is 0.259 e. The van der Waals surface area contributed by atoms with Crippen LogP contribution in [0.15, 0.2) is 16.9 Å². The summed E-state index contributed by atoms with van der Waals surface area (Å²) in [7, 11) is 0. The SMILES string of the molecule is Cc1noc(C)c1C(=O)N1CC[C@@H](Oc2nccnc2C#N)C1. The standard InChI is InChI=1S/C15H15N5O3/c1-9-13(10(2)23-19-9)15(21)20-6-3-11(8-20)22-14-12(7-16)17-4-5-18-14/h4-5,11H,3,6,8H2,1-2H3/t11-/m1/s1. The summed E-state index contributed by atoms with van der Waals surface area (Å²) in [5.74, 6) is 0.594. The molecule has 0 aliphatic carbocycles. The molecule has 1 aliphatic rings. The Balaban J connectivity index is 1.69. The Morgan fingerprint density at radius 3 is 2.91 bits per heavy atom. The molecule has 0 radical (unpaired) electrons. The summed E-state index contributed by atoms with van der Waals surface area (Å²) in [5, 5.41) is 12.8. The number of aryl methyl sites for hydroxylation is 2. The molecule has 8 heteroatoms. The molecular formula is C15H15N5O3. The third kappa shape index (κ3) is 2.85. The van der Waals surface area contributed by atoms with Gasteiger partial charge in [-0.05, 0) is 13.8 Å². The second-order valence-electron chi connectivity index (χ2n) is 5.30. The number of nitriles is 1. The minimum Gasteiger partial charge on any atom is -0.470 e. The van der Waals surface area contributed by atoms with E-state index in [1.165, 1.54) is 12.4 Å². The minimum atomic E-state index is -0.219. The number of hydrogen-bond acceptors (Lipinski definition) is 7. The van der Waals surface area contributed by atoms with Crippen LogP contribution in [0.2, 0.25) is 0 Å². The van der Waals surface area contributed by atoms with Crippen LogP contribution in [0.3, 0.4) is 0 Å². The van der Waals surface area contributed by atoms with Crippen LogP contribution in [0.4, 0.5) is 0 Å². The maximum absolute atomic E-state index is 12.6. The van der Waals surface area contributed by atoms with Gasteiger partial charge in [-0.25, -0.2) is 9.97 Å². The molecule has 1 fully saturated rings. The molecule has 23 heavy (non-hydrogen) atoms. The fraction of sp³-hybridized carbons (Fsp3) is 0.400. The van der Waals surface area contributed by atoms with Crippen molar-refractivity contribution in [3.05, 3.63) is 35.1 Å². The highest BCUT2D eigenvalue weighted by molar-refractivity contribution is 5.96. The van der Waals surface area contributed by atoms with Crippen LogP contribution in [-0.4, -0.2) is 45.1 Å². The lowest BCUT2D eigenvalue weighted by Crippen LogP contribution is -2.31. The Hall–Kier alpha value is -2.95. The summed E-state index contributed by atoms with van der Waals surface area (Å²) in [6.07, 6.45) is 3.35. The summed E-state index contributed by atoms with van der Waals surface area (Å²) >= 11 is 0. The van der Waals surface area contributed by atoms with Crippen LogP contribution >= 0.6 is 0 Å². The van der Waals surface area contributed by atoms with Crippen molar-refractivity contribution in [1.29, 1.82) is 5.26 Å². The molecule has 8 nitrogen and oxygen atoms in total. The van der Waals surface area contributed by atoms with Gasteiger partial charge in [0.1, 0.15) is 23.5 Å². The Morgan fingerprint density at radius 1 is 1.43 bits per heavy atom. The normalized spacial score (nSPS) is 17.1. The Kier molecular flexibility index (Phi) is 3.93. The van der Waals surface area contributed by atoms with Crippen LogP contribution in [0, 0.1) is 25.2 Å². The van der Waals surface area contributed by atoms with Crippen molar-refractivity contribution < 1.29 is 14.1 Å². The van der Waals surface area contributed by atoms with Gasteiger partial charge in [0.2, 0.25) is 5.69 Å². The van der Waals surface area contributed by atoms with Crippen molar-refractivity contribution in [2.45, 2.75) is 26.4 Å². The zero-order chi connectivity index (χ0) is 16.4. The third-order valence-electron chi connectivity index (χ3n) is 3.73. The van der Waals surface area contributed by atoms with Gasteiger partial charge < -0.3 is 14.2 Å². The van der Waals surface area contributed by atoms with E-state index in [1.54, 1.807) is 18.7 Å². The van der Waals surface area contributed by atoms with E-state index in [2.05, 4.69) is 15.1 Å². The molecule has 1 amide bonds. The molecule has 1 saturated heterocycles. The molecule has 0 unspecified atom stereocenters. The second kappa shape index (κ2) is 6.04. The Bertz CT molecular complexity index is 760. The van der Waals surface area contributed by atoms with Crippen molar-refractivity contribution in [2.75, 3.05) is 13.1 Å². The average Bonchev–Trinajstić information content (AvgIpc) is 3.14. The monoisotopic (exact) mass is 313 g/mol.